The number of phenols is 1. The lowest BCUT2D eigenvalue weighted by Gasteiger charge is -1.91. The van der Waals surface area contributed by atoms with Crippen molar-refractivity contribution in [1.29, 1.82) is 0 Å². The van der Waals surface area contributed by atoms with E-state index in [0.29, 0.717) is 11.8 Å². The van der Waals surface area contributed by atoms with Crippen LogP contribution in [0.4, 0.5) is 0 Å². The third-order valence-electron chi connectivity index (χ3n) is 1.35. The van der Waals surface area contributed by atoms with E-state index in [9.17, 15) is 4.79 Å². The molecule has 0 aliphatic carbocycles. The zero-order chi connectivity index (χ0) is 10.1. The van der Waals surface area contributed by atoms with Gasteiger partial charge in [-0.05, 0) is 25.1 Å². The molecule has 0 unspecified atom stereocenters. The van der Waals surface area contributed by atoms with Crippen molar-refractivity contribution in [1.82, 2.24) is 0 Å². The van der Waals surface area contributed by atoms with Crippen LogP contribution in [0.3, 0.4) is 0 Å². The molecule has 3 N–H and O–H groups in total. The first-order valence-corrected chi connectivity index (χ1v) is 4.19. The van der Waals surface area contributed by atoms with Crippen molar-refractivity contribution in [3.05, 3.63) is 29.8 Å². The van der Waals surface area contributed by atoms with Crippen molar-refractivity contribution < 1.29 is 9.90 Å². The normalized spacial score (nSPS) is 8.46. The number of hydrogen-bond donors (Lipinski definition) is 2. The first-order valence-electron chi connectivity index (χ1n) is 4.19. The van der Waals surface area contributed by atoms with Crippen LogP contribution >= 0.6 is 0 Å². The van der Waals surface area contributed by atoms with E-state index >= 15 is 0 Å². The third-order valence-corrected chi connectivity index (χ3v) is 1.35. The summed E-state index contributed by atoms with van der Waals surface area (Å²) in [6, 6.07) is 6.40. The van der Waals surface area contributed by atoms with Crippen LogP contribution in [0.1, 0.15) is 23.7 Å². The lowest BCUT2D eigenvalue weighted by atomic mass is 10.2. The van der Waals surface area contributed by atoms with Crippen LogP contribution < -0.4 is 5.73 Å². The Morgan fingerprint density at radius 2 is 2.00 bits per heavy atom. The zero-order valence-corrected chi connectivity index (χ0v) is 7.73. The van der Waals surface area contributed by atoms with Crippen LogP contribution in [0.5, 0.6) is 5.75 Å². The highest BCUT2D eigenvalue weighted by Gasteiger charge is 1.93. The van der Waals surface area contributed by atoms with Crippen molar-refractivity contribution in [3.63, 3.8) is 0 Å². The van der Waals surface area contributed by atoms with Gasteiger partial charge in [0.15, 0.2) is 6.29 Å². The van der Waals surface area contributed by atoms with Gasteiger partial charge >= 0.3 is 0 Å². The van der Waals surface area contributed by atoms with Gasteiger partial charge in [0.2, 0.25) is 0 Å². The van der Waals surface area contributed by atoms with Gasteiger partial charge in [-0.2, -0.15) is 0 Å². The highest BCUT2D eigenvalue weighted by Crippen LogP contribution is 2.11. The van der Waals surface area contributed by atoms with Crippen LogP contribution in [-0.2, 0) is 0 Å². The first kappa shape index (κ1) is 11.6. The molecule has 0 saturated carbocycles. The molecule has 0 heterocycles. The van der Waals surface area contributed by atoms with Gasteiger partial charge in [0.1, 0.15) is 5.75 Å². The molecule has 3 heteroatoms. The zero-order valence-electron chi connectivity index (χ0n) is 7.73. The van der Waals surface area contributed by atoms with E-state index in [-0.39, 0.29) is 5.75 Å². The van der Waals surface area contributed by atoms with E-state index in [1.807, 2.05) is 0 Å². The molecule has 0 bridgehead atoms. The second kappa shape index (κ2) is 7.31. The topological polar surface area (TPSA) is 63.3 Å². The average Bonchev–Trinajstić information content (AvgIpc) is 2.19. The second-order valence-corrected chi connectivity index (χ2v) is 2.47. The van der Waals surface area contributed by atoms with Gasteiger partial charge in [0.05, 0.1) is 5.56 Å². The van der Waals surface area contributed by atoms with Gasteiger partial charge in [0, 0.05) is 0 Å². The lowest BCUT2D eigenvalue weighted by molar-refractivity contribution is 0.112. The SMILES string of the molecule is CCCN.O=Cc1ccccc1O. The Morgan fingerprint density at radius 3 is 2.31 bits per heavy atom. The van der Waals surface area contributed by atoms with Gasteiger partial charge in [-0.3, -0.25) is 4.79 Å². The van der Waals surface area contributed by atoms with E-state index in [0.717, 1.165) is 13.0 Å². The molecule has 0 spiro atoms. The standard InChI is InChI=1S/C7H6O2.C3H9N/c8-5-6-3-1-2-4-7(6)9;1-2-3-4/h1-5,9H;2-4H2,1H3. The summed E-state index contributed by atoms with van der Waals surface area (Å²) in [4.78, 5) is 10.1. The molecule has 0 fully saturated rings. The number of nitrogens with two attached hydrogens (primary N) is 1. The van der Waals surface area contributed by atoms with Crippen LogP contribution in [0.2, 0.25) is 0 Å². The number of phenolic OH excluding ortho intramolecular Hbond substituents is 1. The highest BCUT2D eigenvalue weighted by molar-refractivity contribution is 5.78. The number of benzene rings is 1. The summed E-state index contributed by atoms with van der Waals surface area (Å²) in [5.41, 5.74) is 5.36. The molecule has 0 radical (unpaired) electrons. The number of hydrogen-bond acceptors (Lipinski definition) is 3. The smallest absolute Gasteiger partial charge is 0.153 e. The molecule has 72 valence electrons. The van der Waals surface area contributed by atoms with E-state index < -0.39 is 0 Å². The number of rotatable bonds is 2. The Labute approximate surface area is 78.2 Å². The molecular formula is C10H15NO2. The van der Waals surface area contributed by atoms with E-state index in [1.54, 1.807) is 18.2 Å². The summed E-state index contributed by atoms with van der Waals surface area (Å²) < 4.78 is 0. The molecule has 1 aromatic rings. The number of carbonyl (C=O) groups excluding carboxylic acids is 1. The van der Waals surface area contributed by atoms with Gasteiger partial charge in [0.25, 0.3) is 0 Å². The minimum atomic E-state index is 0.0347. The fourth-order valence-corrected chi connectivity index (χ4v) is 0.587. The largest absolute Gasteiger partial charge is 0.507 e. The number of carbonyl (C=O) groups is 1. The van der Waals surface area contributed by atoms with Crippen molar-refractivity contribution in [2.24, 2.45) is 5.73 Å². The fraction of sp³-hybridized carbons (Fsp3) is 0.300. The summed E-state index contributed by atoms with van der Waals surface area (Å²) in [6.45, 7) is 2.88. The molecule has 0 aliphatic heterocycles. The first-order chi connectivity index (χ1) is 6.26. The van der Waals surface area contributed by atoms with Crippen molar-refractivity contribution in [2.45, 2.75) is 13.3 Å². The second-order valence-electron chi connectivity index (χ2n) is 2.47. The minimum Gasteiger partial charge on any atom is -0.507 e. The van der Waals surface area contributed by atoms with Crippen LogP contribution in [0.15, 0.2) is 24.3 Å². The van der Waals surface area contributed by atoms with E-state index in [2.05, 4.69) is 6.92 Å². The highest BCUT2D eigenvalue weighted by atomic mass is 16.3. The van der Waals surface area contributed by atoms with Gasteiger partial charge < -0.3 is 10.8 Å². The molecule has 1 aromatic carbocycles. The Hall–Kier alpha value is -1.35. The number of para-hydroxylation sites is 1. The summed E-state index contributed by atoms with van der Waals surface area (Å²) in [6.07, 6.45) is 1.72. The fourth-order valence-electron chi connectivity index (χ4n) is 0.587. The van der Waals surface area contributed by atoms with Gasteiger partial charge in [-0.25, -0.2) is 0 Å². The lowest BCUT2D eigenvalue weighted by Crippen LogP contribution is -1.93. The Kier molecular flexibility index (Phi) is 6.55. The Bertz CT molecular complexity index is 246. The minimum absolute atomic E-state index is 0.0347. The van der Waals surface area contributed by atoms with Crippen molar-refractivity contribution in [2.75, 3.05) is 6.54 Å². The molecule has 0 saturated heterocycles. The molecule has 0 amide bonds. The van der Waals surface area contributed by atoms with Crippen molar-refractivity contribution >= 4 is 6.29 Å². The average molecular weight is 181 g/mol. The predicted molar refractivity (Wildman–Crippen MR) is 52.8 cm³/mol. The van der Waals surface area contributed by atoms with Crippen LogP contribution in [-0.4, -0.2) is 17.9 Å². The quantitative estimate of drug-likeness (QED) is 0.680. The molecule has 0 aromatic heterocycles. The summed E-state index contributed by atoms with van der Waals surface area (Å²) in [7, 11) is 0. The number of aromatic hydroxyl groups is 1. The third kappa shape index (κ3) is 4.98. The van der Waals surface area contributed by atoms with Gasteiger partial charge in [-0.1, -0.05) is 19.1 Å². The molecular weight excluding hydrogens is 166 g/mol. The molecule has 3 nitrogen and oxygen atoms in total. The van der Waals surface area contributed by atoms with Crippen molar-refractivity contribution in [3.8, 4) is 5.75 Å². The van der Waals surface area contributed by atoms with E-state index in [1.165, 1.54) is 6.07 Å². The van der Waals surface area contributed by atoms with E-state index in [4.69, 9.17) is 10.8 Å². The molecule has 13 heavy (non-hydrogen) atoms. The van der Waals surface area contributed by atoms with Crippen LogP contribution in [0.25, 0.3) is 0 Å². The Morgan fingerprint density at radius 1 is 1.46 bits per heavy atom. The van der Waals surface area contributed by atoms with Gasteiger partial charge in [-0.15, -0.1) is 0 Å². The maximum Gasteiger partial charge on any atom is 0.153 e. The van der Waals surface area contributed by atoms with Crippen LogP contribution in [0, 0.1) is 0 Å². The Balaban J connectivity index is 0.000000310. The number of aldehydes is 1. The maximum atomic E-state index is 10.1. The molecule has 1 rings (SSSR count). The summed E-state index contributed by atoms with van der Waals surface area (Å²) >= 11 is 0. The maximum absolute atomic E-state index is 10.1. The summed E-state index contributed by atoms with van der Waals surface area (Å²) in [5.74, 6) is 0.0347. The molecule has 0 atom stereocenters. The predicted octanol–water partition coefficient (Wildman–Crippen LogP) is 1.56. The molecule has 0 aliphatic rings. The summed E-state index contributed by atoms with van der Waals surface area (Å²) in [5, 5.41) is 8.88. The monoisotopic (exact) mass is 181 g/mol.